The van der Waals surface area contributed by atoms with Crippen LogP contribution in [0.2, 0.25) is 0 Å². The lowest BCUT2D eigenvalue weighted by molar-refractivity contribution is 0.226. The fraction of sp³-hybridized carbons (Fsp3) is 0.316. The monoisotopic (exact) mass is 307 g/mol. The zero-order valence-corrected chi connectivity index (χ0v) is 12.9. The average molecular weight is 307 g/mol. The molecule has 4 heteroatoms. The summed E-state index contributed by atoms with van der Waals surface area (Å²) in [5.41, 5.74) is 3.05. The Labute approximate surface area is 135 Å². The highest BCUT2D eigenvalue weighted by atomic mass is 19.1. The molecule has 4 rings (SSSR count). The molecule has 1 fully saturated rings. The molecule has 0 aliphatic carbocycles. The summed E-state index contributed by atoms with van der Waals surface area (Å²) in [6, 6.07) is 15.3. The fourth-order valence-corrected chi connectivity index (χ4v) is 3.98. The van der Waals surface area contributed by atoms with E-state index in [0.717, 1.165) is 38.2 Å². The molecule has 0 unspecified atom stereocenters. The van der Waals surface area contributed by atoms with E-state index in [4.69, 9.17) is 5.26 Å². The number of anilines is 2. The van der Waals surface area contributed by atoms with E-state index in [1.54, 1.807) is 6.07 Å². The van der Waals surface area contributed by atoms with E-state index in [1.807, 2.05) is 23.1 Å². The van der Waals surface area contributed by atoms with Gasteiger partial charge in [0.2, 0.25) is 0 Å². The Balaban J connectivity index is 1.76. The van der Waals surface area contributed by atoms with E-state index in [1.165, 1.54) is 11.6 Å². The minimum atomic E-state index is -0.186. The molecule has 0 saturated carbocycles. The molecule has 3 nitrogen and oxygen atoms in total. The Morgan fingerprint density at radius 2 is 1.61 bits per heavy atom. The number of nitrogens with zero attached hydrogens (tertiary/aromatic N) is 3. The Bertz CT molecular complexity index is 772. The van der Waals surface area contributed by atoms with E-state index in [-0.39, 0.29) is 11.2 Å². The van der Waals surface area contributed by atoms with Gasteiger partial charge in [-0.05, 0) is 36.6 Å². The van der Waals surface area contributed by atoms with Crippen LogP contribution >= 0.6 is 0 Å². The topological polar surface area (TPSA) is 30.3 Å². The van der Waals surface area contributed by atoms with Crippen molar-refractivity contribution in [2.75, 3.05) is 24.5 Å². The lowest BCUT2D eigenvalue weighted by Gasteiger charge is -2.37. The number of nitriles is 1. The van der Waals surface area contributed by atoms with Gasteiger partial charge in [-0.15, -0.1) is 0 Å². The van der Waals surface area contributed by atoms with Crippen LogP contribution in [0.5, 0.6) is 0 Å². The molecule has 2 aliphatic heterocycles. The van der Waals surface area contributed by atoms with Gasteiger partial charge in [-0.1, -0.05) is 30.3 Å². The highest BCUT2D eigenvalue weighted by Crippen LogP contribution is 2.49. The van der Waals surface area contributed by atoms with Crippen LogP contribution in [0.4, 0.5) is 15.8 Å². The van der Waals surface area contributed by atoms with Crippen molar-refractivity contribution in [3.05, 3.63) is 59.9 Å². The van der Waals surface area contributed by atoms with Crippen LogP contribution < -0.4 is 4.90 Å². The Hall–Kier alpha value is -2.54. The van der Waals surface area contributed by atoms with Crippen molar-refractivity contribution in [1.82, 2.24) is 4.90 Å². The third-order valence-corrected chi connectivity index (χ3v) is 5.23. The van der Waals surface area contributed by atoms with Crippen LogP contribution in [0.15, 0.2) is 48.5 Å². The number of hydrogen-bond donors (Lipinski definition) is 0. The van der Waals surface area contributed by atoms with Crippen molar-refractivity contribution in [1.29, 1.82) is 5.26 Å². The summed E-state index contributed by atoms with van der Waals surface area (Å²) in [6.07, 6.45) is 4.11. The number of piperidine rings is 1. The van der Waals surface area contributed by atoms with E-state index in [2.05, 4.69) is 29.3 Å². The van der Waals surface area contributed by atoms with Gasteiger partial charge in [-0.2, -0.15) is 5.26 Å². The molecular weight excluding hydrogens is 289 g/mol. The highest BCUT2D eigenvalue weighted by molar-refractivity contribution is 5.73. The van der Waals surface area contributed by atoms with Gasteiger partial charge in [-0.25, -0.2) is 4.39 Å². The number of likely N-dealkylation sites (tertiary alicyclic amines) is 1. The summed E-state index contributed by atoms with van der Waals surface area (Å²) < 4.78 is 14.3. The second-order valence-corrected chi connectivity index (χ2v) is 6.42. The summed E-state index contributed by atoms with van der Waals surface area (Å²) in [5.74, 6) is -0.186. The maximum atomic E-state index is 14.3. The lowest BCUT2D eigenvalue weighted by atomic mass is 9.74. The van der Waals surface area contributed by atoms with Gasteiger partial charge in [0.05, 0.1) is 5.69 Å². The number of hydrogen-bond acceptors (Lipinski definition) is 3. The van der Waals surface area contributed by atoms with Crippen LogP contribution in [-0.4, -0.2) is 24.5 Å². The van der Waals surface area contributed by atoms with Crippen LogP contribution in [0.1, 0.15) is 18.4 Å². The van der Waals surface area contributed by atoms with Crippen molar-refractivity contribution in [3.8, 4) is 6.19 Å². The summed E-state index contributed by atoms with van der Waals surface area (Å²) in [7, 11) is 0. The molecule has 2 aromatic rings. The molecule has 23 heavy (non-hydrogen) atoms. The van der Waals surface area contributed by atoms with Crippen molar-refractivity contribution < 1.29 is 4.39 Å². The highest BCUT2D eigenvalue weighted by Gasteiger charge is 2.45. The van der Waals surface area contributed by atoms with Crippen molar-refractivity contribution in [3.63, 3.8) is 0 Å². The molecule has 0 radical (unpaired) electrons. The molecule has 0 atom stereocenters. The first kappa shape index (κ1) is 14.1. The molecular formula is C19H18FN3. The molecule has 2 heterocycles. The van der Waals surface area contributed by atoms with Gasteiger partial charge in [0.1, 0.15) is 5.82 Å². The Morgan fingerprint density at radius 3 is 2.30 bits per heavy atom. The molecule has 116 valence electrons. The number of halogens is 1. The predicted octanol–water partition coefficient (Wildman–Crippen LogP) is 3.79. The third kappa shape index (κ3) is 2.16. The SMILES string of the molecule is N#CN1CCC2(CC1)CN(c1ccccc1F)c1ccccc12. The molecule has 1 saturated heterocycles. The minimum Gasteiger partial charge on any atom is -0.338 e. The van der Waals surface area contributed by atoms with Crippen LogP contribution in [0, 0.1) is 17.3 Å². The fourth-order valence-electron chi connectivity index (χ4n) is 3.98. The van der Waals surface area contributed by atoms with Crippen molar-refractivity contribution in [2.24, 2.45) is 0 Å². The van der Waals surface area contributed by atoms with Crippen LogP contribution in [-0.2, 0) is 5.41 Å². The van der Waals surface area contributed by atoms with Crippen molar-refractivity contribution >= 4 is 11.4 Å². The van der Waals surface area contributed by atoms with E-state index in [0.29, 0.717) is 5.69 Å². The molecule has 0 aromatic heterocycles. The van der Waals surface area contributed by atoms with Crippen LogP contribution in [0.25, 0.3) is 0 Å². The molecule has 2 aliphatic rings. The predicted molar refractivity (Wildman–Crippen MR) is 87.9 cm³/mol. The molecule has 2 aromatic carbocycles. The zero-order valence-electron chi connectivity index (χ0n) is 12.9. The second kappa shape index (κ2) is 5.27. The van der Waals surface area contributed by atoms with Gasteiger partial charge in [0.25, 0.3) is 0 Å². The largest absolute Gasteiger partial charge is 0.338 e. The van der Waals surface area contributed by atoms with Gasteiger partial charge >= 0.3 is 0 Å². The Kier molecular flexibility index (Phi) is 3.23. The second-order valence-electron chi connectivity index (χ2n) is 6.42. The summed E-state index contributed by atoms with van der Waals surface area (Å²) >= 11 is 0. The molecule has 0 amide bonds. The third-order valence-electron chi connectivity index (χ3n) is 5.23. The average Bonchev–Trinajstić information content (AvgIpc) is 2.91. The smallest absolute Gasteiger partial charge is 0.179 e. The maximum absolute atomic E-state index is 14.3. The van der Waals surface area contributed by atoms with E-state index in [9.17, 15) is 4.39 Å². The van der Waals surface area contributed by atoms with E-state index < -0.39 is 0 Å². The number of fused-ring (bicyclic) bond motifs is 2. The first-order valence-electron chi connectivity index (χ1n) is 8.00. The normalized spacial score (nSPS) is 18.8. The van der Waals surface area contributed by atoms with Gasteiger partial charge in [0.15, 0.2) is 6.19 Å². The molecule has 1 spiro atoms. The summed E-state index contributed by atoms with van der Waals surface area (Å²) in [6.45, 7) is 2.33. The molecule has 0 bridgehead atoms. The number of rotatable bonds is 1. The lowest BCUT2D eigenvalue weighted by Crippen LogP contribution is -2.43. The zero-order chi connectivity index (χ0) is 15.9. The minimum absolute atomic E-state index is 0.0201. The maximum Gasteiger partial charge on any atom is 0.179 e. The first-order chi connectivity index (χ1) is 11.2. The van der Waals surface area contributed by atoms with Crippen LogP contribution in [0.3, 0.4) is 0 Å². The van der Waals surface area contributed by atoms with Gasteiger partial charge < -0.3 is 9.80 Å². The first-order valence-corrected chi connectivity index (χ1v) is 8.00. The summed E-state index contributed by atoms with van der Waals surface area (Å²) in [4.78, 5) is 3.92. The number of benzene rings is 2. The van der Waals surface area contributed by atoms with E-state index >= 15 is 0 Å². The summed E-state index contributed by atoms with van der Waals surface area (Å²) in [5, 5.41) is 9.10. The quantitative estimate of drug-likeness (QED) is 0.751. The number of para-hydroxylation sites is 2. The Morgan fingerprint density at radius 1 is 0.957 bits per heavy atom. The van der Waals surface area contributed by atoms with Crippen molar-refractivity contribution in [2.45, 2.75) is 18.3 Å². The van der Waals surface area contributed by atoms with Gasteiger partial charge in [-0.3, -0.25) is 0 Å². The standard InChI is InChI=1S/C19H18FN3/c20-16-6-2-4-8-18(16)23-13-19(9-11-22(14-21)12-10-19)15-5-1-3-7-17(15)23/h1-8H,9-13H2. The molecule has 0 N–H and O–H groups in total. The van der Waals surface area contributed by atoms with Gasteiger partial charge in [0, 0.05) is 30.7 Å².